The Morgan fingerprint density at radius 2 is 2.54 bits per heavy atom. The molecule has 1 heterocycles. The van der Waals surface area contributed by atoms with Crippen LogP contribution in [0.5, 0.6) is 0 Å². The predicted molar refractivity (Wildman–Crippen MR) is 50.7 cm³/mol. The van der Waals surface area contributed by atoms with Gasteiger partial charge in [0, 0.05) is 11.0 Å². The van der Waals surface area contributed by atoms with E-state index in [2.05, 4.69) is 5.32 Å². The number of carboxylic acid groups (broad SMARTS) is 1. The number of hydrogen-bond donors (Lipinski definition) is 2. The highest BCUT2D eigenvalue weighted by Crippen LogP contribution is 2.36. The van der Waals surface area contributed by atoms with E-state index in [1.54, 1.807) is 11.8 Å². The topological polar surface area (TPSA) is 66.4 Å². The average Bonchev–Trinajstić information content (AvgIpc) is 2.31. The van der Waals surface area contributed by atoms with E-state index in [0.717, 1.165) is 6.42 Å². The van der Waals surface area contributed by atoms with Crippen molar-refractivity contribution >= 4 is 24.1 Å². The molecule has 4 nitrogen and oxygen atoms in total. The normalized spacial score (nSPS) is 32.8. The number of aliphatic carboxylic acids is 1. The lowest BCUT2D eigenvalue weighted by molar-refractivity contribution is -0.138. The van der Waals surface area contributed by atoms with Crippen molar-refractivity contribution in [3.63, 3.8) is 0 Å². The van der Waals surface area contributed by atoms with Crippen LogP contribution in [-0.2, 0) is 9.59 Å². The molecule has 13 heavy (non-hydrogen) atoms. The van der Waals surface area contributed by atoms with Gasteiger partial charge in [0.25, 0.3) is 0 Å². The summed E-state index contributed by atoms with van der Waals surface area (Å²) in [6.07, 6.45) is 1.35. The van der Waals surface area contributed by atoms with Crippen molar-refractivity contribution in [2.45, 2.75) is 30.6 Å². The maximum Gasteiger partial charge on any atom is 0.305 e. The number of carbonyl (C=O) groups is 2. The molecular formula is C8H13NO3S. The Labute approximate surface area is 81.1 Å². The smallest absolute Gasteiger partial charge is 0.305 e. The van der Waals surface area contributed by atoms with Crippen molar-refractivity contribution in [2.24, 2.45) is 0 Å². The number of carbonyl (C=O) groups excluding carboxylic acids is 1. The van der Waals surface area contributed by atoms with Crippen LogP contribution in [0.25, 0.3) is 0 Å². The molecule has 1 rings (SSSR count). The third-order valence-corrected chi connectivity index (χ3v) is 3.63. The van der Waals surface area contributed by atoms with E-state index in [1.165, 1.54) is 0 Å². The summed E-state index contributed by atoms with van der Waals surface area (Å²) in [5.74, 6) is -0.164. The minimum absolute atomic E-state index is 0.0169. The fraction of sp³-hybridized carbons (Fsp3) is 0.750. The van der Waals surface area contributed by atoms with Gasteiger partial charge in [-0.2, -0.15) is 11.8 Å². The van der Waals surface area contributed by atoms with Gasteiger partial charge in [-0.25, -0.2) is 0 Å². The summed E-state index contributed by atoms with van der Waals surface area (Å²) in [4.78, 5) is 20.9. The Morgan fingerprint density at radius 1 is 1.85 bits per heavy atom. The second kappa shape index (κ2) is 4.00. The second-order valence-electron chi connectivity index (χ2n) is 3.44. The Bertz CT molecular complexity index is 221. The maximum absolute atomic E-state index is 10.6. The lowest BCUT2D eigenvalue weighted by Crippen LogP contribution is -2.46. The number of nitrogens with one attached hydrogen (secondary N) is 1. The standard InChI is InChI=1S/C8H13NO3S/c1-6-2-8(4-13-6,9-5-10)3-7(11)12/h5-6H,2-4H2,1H3,(H,9,10)(H,11,12). The van der Waals surface area contributed by atoms with E-state index in [4.69, 9.17) is 5.11 Å². The fourth-order valence-corrected chi connectivity index (χ4v) is 3.00. The minimum Gasteiger partial charge on any atom is -0.481 e. The lowest BCUT2D eigenvalue weighted by atomic mass is 9.92. The first kappa shape index (κ1) is 10.4. The minimum atomic E-state index is -0.857. The molecule has 0 radical (unpaired) electrons. The fourth-order valence-electron chi connectivity index (χ4n) is 1.66. The number of amides is 1. The molecule has 1 fully saturated rings. The Balaban J connectivity index is 2.64. The molecule has 1 amide bonds. The largest absolute Gasteiger partial charge is 0.481 e. The highest BCUT2D eigenvalue weighted by Gasteiger charge is 2.39. The van der Waals surface area contributed by atoms with Gasteiger partial charge in [-0.3, -0.25) is 9.59 Å². The molecule has 5 heteroatoms. The molecule has 2 unspecified atom stereocenters. The van der Waals surface area contributed by atoms with Gasteiger partial charge >= 0.3 is 5.97 Å². The summed E-state index contributed by atoms with van der Waals surface area (Å²) >= 11 is 1.70. The first-order chi connectivity index (χ1) is 6.08. The van der Waals surface area contributed by atoms with Crippen LogP contribution in [0.4, 0.5) is 0 Å². The van der Waals surface area contributed by atoms with Crippen molar-refractivity contribution < 1.29 is 14.7 Å². The van der Waals surface area contributed by atoms with Crippen LogP contribution in [0.2, 0.25) is 0 Å². The second-order valence-corrected chi connectivity index (χ2v) is 4.87. The molecule has 1 aliphatic rings. The van der Waals surface area contributed by atoms with Crippen LogP contribution < -0.4 is 5.32 Å². The molecule has 2 atom stereocenters. The van der Waals surface area contributed by atoms with E-state index in [1.807, 2.05) is 6.92 Å². The van der Waals surface area contributed by atoms with Crippen LogP contribution >= 0.6 is 11.8 Å². The van der Waals surface area contributed by atoms with Crippen molar-refractivity contribution in [2.75, 3.05) is 5.75 Å². The van der Waals surface area contributed by atoms with E-state index < -0.39 is 11.5 Å². The number of thioether (sulfide) groups is 1. The van der Waals surface area contributed by atoms with Crippen LogP contribution in [0.1, 0.15) is 19.8 Å². The van der Waals surface area contributed by atoms with Gasteiger partial charge in [0.15, 0.2) is 0 Å². The Kier molecular flexibility index (Phi) is 3.19. The van der Waals surface area contributed by atoms with Gasteiger partial charge in [0.1, 0.15) is 0 Å². The quantitative estimate of drug-likeness (QED) is 0.652. The Morgan fingerprint density at radius 3 is 2.92 bits per heavy atom. The molecule has 0 aromatic carbocycles. The Hall–Kier alpha value is -0.710. The molecule has 0 aromatic heterocycles. The monoisotopic (exact) mass is 203 g/mol. The summed E-state index contributed by atoms with van der Waals surface area (Å²) in [5, 5.41) is 11.7. The van der Waals surface area contributed by atoms with Crippen molar-refractivity contribution in [1.29, 1.82) is 0 Å². The van der Waals surface area contributed by atoms with E-state index >= 15 is 0 Å². The highest BCUT2D eigenvalue weighted by atomic mass is 32.2. The van der Waals surface area contributed by atoms with Gasteiger partial charge in [0.2, 0.25) is 6.41 Å². The molecule has 0 saturated carbocycles. The summed E-state index contributed by atoms with van der Waals surface area (Å²) in [7, 11) is 0. The maximum atomic E-state index is 10.6. The third-order valence-electron chi connectivity index (χ3n) is 2.18. The van der Waals surface area contributed by atoms with E-state index in [0.29, 0.717) is 17.4 Å². The van der Waals surface area contributed by atoms with E-state index in [9.17, 15) is 9.59 Å². The molecule has 0 bridgehead atoms. The first-order valence-corrected chi connectivity index (χ1v) is 5.18. The molecule has 0 aliphatic carbocycles. The summed E-state index contributed by atoms with van der Waals surface area (Å²) in [5.41, 5.74) is -0.516. The summed E-state index contributed by atoms with van der Waals surface area (Å²) in [6.45, 7) is 2.04. The first-order valence-electron chi connectivity index (χ1n) is 4.13. The van der Waals surface area contributed by atoms with Gasteiger partial charge < -0.3 is 10.4 Å². The molecule has 0 spiro atoms. The van der Waals surface area contributed by atoms with E-state index in [-0.39, 0.29) is 6.42 Å². The molecule has 74 valence electrons. The van der Waals surface area contributed by atoms with Crippen LogP contribution in [-0.4, -0.2) is 34.0 Å². The van der Waals surface area contributed by atoms with Gasteiger partial charge in [-0.05, 0) is 6.42 Å². The number of hydrogen-bond acceptors (Lipinski definition) is 3. The summed E-state index contributed by atoms with van der Waals surface area (Å²) in [6, 6.07) is 0. The van der Waals surface area contributed by atoms with Crippen molar-refractivity contribution in [3.8, 4) is 0 Å². The van der Waals surface area contributed by atoms with Crippen LogP contribution in [0.15, 0.2) is 0 Å². The zero-order chi connectivity index (χ0) is 9.90. The SMILES string of the molecule is CC1CC(CC(=O)O)(NC=O)CS1. The third kappa shape index (κ3) is 2.62. The molecule has 2 N–H and O–H groups in total. The van der Waals surface area contributed by atoms with Gasteiger partial charge in [-0.1, -0.05) is 6.92 Å². The average molecular weight is 203 g/mol. The molecular weight excluding hydrogens is 190 g/mol. The predicted octanol–water partition coefficient (Wildman–Crippen LogP) is 0.471. The molecule has 1 aliphatic heterocycles. The van der Waals surface area contributed by atoms with Crippen LogP contribution in [0, 0.1) is 0 Å². The number of rotatable bonds is 4. The van der Waals surface area contributed by atoms with Crippen LogP contribution in [0.3, 0.4) is 0 Å². The van der Waals surface area contributed by atoms with Gasteiger partial charge in [-0.15, -0.1) is 0 Å². The van der Waals surface area contributed by atoms with Crippen molar-refractivity contribution in [3.05, 3.63) is 0 Å². The number of carboxylic acids is 1. The zero-order valence-corrected chi connectivity index (χ0v) is 8.26. The van der Waals surface area contributed by atoms with Crippen molar-refractivity contribution in [1.82, 2.24) is 5.32 Å². The zero-order valence-electron chi connectivity index (χ0n) is 7.45. The summed E-state index contributed by atoms with van der Waals surface area (Å²) < 4.78 is 0. The van der Waals surface area contributed by atoms with Gasteiger partial charge in [0.05, 0.1) is 12.0 Å². The molecule has 0 aromatic rings. The molecule has 1 saturated heterocycles. The highest BCUT2D eigenvalue weighted by molar-refractivity contribution is 8.00. The lowest BCUT2D eigenvalue weighted by Gasteiger charge is -2.25.